The highest BCUT2D eigenvalue weighted by Gasteiger charge is 2.19. The Morgan fingerprint density at radius 1 is 0.328 bits per heavy atom. The van der Waals surface area contributed by atoms with E-state index in [2.05, 4.69) is 32.9 Å². The second-order valence-electron chi connectivity index (χ2n) is 17.4. The molecule has 342 valence electrons. The maximum atomic E-state index is 12.8. The molecule has 1 atom stereocenters. The van der Waals surface area contributed by atoms with Gasteiger partial charge in [-0.15, -0.1) is 0 Å². The van der Waals surface area contributed by atoms with E-state index in [4.69, 9.17) is 14.2 Å². The first kappa shape index (κ1) is 56.1. The number of ether oxygens (including phenoxy) is 3. The van der Waals surface area contributed by atoms with Crippen molar-refractivity contribution in [1.82, 2.24) is 0 Å². The van der Waals surface area contributed by atoms with E-state index >= 15 is 0 Å². The molecular formula is C52H98O6. The first-order chi connectivity index (χ1) is 28.5. The molecule has 0 aliphatic rings. The molecule has 6 heteroatoms. The fourth-order valence-electron chi connectivity index (χ4n) is 7.62. The average Bonchev–Trinajstić information content (AvgIpc) is 3.22. The summed E-state index contributed by atoms with van der Waals surface area (Å²) >= 11 is 0. The number of rotatable bonds is 47. The third kappa shape index (κ3) is 45.2. The van der Waals surface area contributed by atoms with Gasteiger partial charge in [0.25, 0.3) is 0 Å². The first-order valence-electron chi connectivity index (χ1n) is 25.7. The highest BCUT2D eigenvalue weighted by molar-refractivity contribution is 5.71. The van der Waals surface area contributed by atoms with Crippen molar-refractivity contribution in [3.63, 3.8) is 0 Å². The standard InChI is InChI=1S/C52H98O6/c1-4-7-10-13-16-19-22-24-26-28-30-33-36-39-42-45-51(54)57-48-49(47-56-50(53)44-41-38-35-32-21-18-15-12-9-6-3)58-52(55)46-43-40-37-34-31-29-27-25-23-20-17-14-11-8-5-2/h12,15,49H,4-11,13-14,16-48H2,1-3H3/b15-12-. The number of carbonyl (C=O) groups is 3. The molecule has 0 saturated heterocycles. The zero-order chi connectivity index (χ0) is 42.3. The number of allylic oxidation sites excluding steroid dienone is 2. The lowest BCUT2D eigenvalue weighted by Gasteiger charge is -2.18. The average molecular weight is 819 g/mol. The Labute approximate surface area is 360 Å². The minimum atomic E-state index is -0.765. The van der Waals surface area contributed by atoms with E-state index in [1.165, 1.54) is 173 Å². The quantitative estimate of drug-likeness (QED) is 0.0263. The van der Waals surface area contributed by atoms with Crippen LogP contribution in [0.5, 0.6) is 0 Å². The van der Waals surface area contributed by atoms with Gasteiger partial charge in [0.05, 0.1) is 0 Å². The lowest BCUT2D eigenvalue weighted by molar-refractivity contribution is -0.167. The monoisotopic (exact) mass is 819 g/mol. The van der Waals surface area contributed by atoms with E-state index in [0.29, 0.717) is 19.3 Å². The van der Waals surface area contributed by atoms with Gasteiger partial charge in [0.2, 0.25) is 0 Å². The van der Waals surface area contributed by atoms with Crippen LogP contribution < -0.4 is 0 Å². The lowest BCUT2D eigenvalue weighted by atomic mass is 10.0. The summed E-state index contributed by atoms with van der Waals surface area (Å²) in [6.45, 7) is 6.61. The molecule has 0 aliphatic heterocycles. The Balaban J connectivity index is 4.29. The molecule has 58 heavy (non-hydrogen) atoms. The van der Waals surface area contributed by atoms with Crippen molar-refractivity contribution in [1.29, 1.82) is 0 Å². The van der Waals surface area contributed by atoms with Gasteiger partial charge in [0.1, 0.15) is 13.2 Å². The second kappa shape index (κ2) is 47.8. The molecule has 1 unspecified atom stereocenters. The topological polar surface area (TPSA) is 78.9 Å². The van der Waals surface area contributed by atoms with Gasteiger partial charge in [-0.1, -0.05) is 238 Å². The third-order valence-electron chi connectivity index (χ3n) is 11.5. The molecule has 0 aromatic rings. The first-order valence-corrected chi connectivity index (χ1v) is 25.7. The zero-order valence-corrected chi connectivity index (χ0v) is 39.1. The van der Waals surface area contributed by atoms with Crippen molar-refractivity contribution in [2.24, 2.45) is 0 Å². The van der Waals surface area contributed by atoms with Crippen LogP contribution in [0.2, 0.25) is 0 Å². The highest BCUT2D eigenvalue weighted by atomic mass is 16.6. The SMILES string of the molecule is CCC/C=C\CCCCCCCC(=O)OCC(COC(=O)CCCCCCCCCCCCCCCCC)OC(=O)CCCCCCCCCCCCCCCCC. The number of esters is 3. The number of carbonyl (C=O) groups excluding carboxylic acids is 3. The molecule has 0 aromatic heterocycles. The van der Waals surface area contributed by atoms with Gasteiger partial charge in [-0.25, -0.2) is 0 Å². The Bertz CT molecular complexity index is 900. The van der Waals surface area contributed by atoms with E-state index in [1.807, 2.05) is 0 Å². The number of hydrogen-bond donors (Lipinski definition) is 0. The van der Waals surface area contributed by atoms with Crippen LogP contribution in [-0.2, 0) is 28.6 Å². The van der Waals surface area contributed by atoms with Crippen LogP contribution in [0.15, 0.2) is 12.2 Å². The van der Waals surface area contributed by atoms with Crippen LogP contribution in [0.4, 0.5) is 0 Å². The van der Waals surface area contributed by atoms with Crippen LogP contribution in [-0.4, -0.2) is 37.2 Å². The van der Waals surface area contributed by atoms with Gasteiger partial charge in [0, 0.05) is 19.3 Å². The molecular weight excluding hydrogens is 721 g/mol. The Kier molecular flexibility index (Phi) is 46.3. The van der Waals surface area contributed by atoms with E-state index < -0.39 is 6.10 Å². The predicted octanol–water partition coefficient (Wildman–Crippen LogP) is 16.6. The molecule has 0 rings (SSSR count). The molecule has 0 spiro atoms. The molecule has 0 aliphatic carbocycles. The fourth-order valence-corrected chi connectivity index (χ4v) is 7.62. The summed E-state index contributed by atoms with van der Waals surface area (Å²) in [5, 5.41) is 0. The van der Waals surface area contributed by atoms with Crippen LogP contribution in [0.3, 0.4) is 0 Å². The lowest BCUT2D eigenvalue weighted by Crippen LogP contribution is -2.30. The van der Waals surface area contributed by atoms with Gasteiger partial charge >= 0.3 is 17.9 Å². The maximum absolute atomic E-state index is 12.8. The summed E-state index contributed by atoms with van der Waals surface area (Å²) in [5.41, 5.74) is 0. The smallest absolute Gasteiger partial charge is 0.306 e. The van der Waals surface area contributed by atoms with Crippen LogP contribution in [0, 0.1) is 0 Å². The number of hydrogen-bond acceptors (Lipinski definition) is 6. The minimum Gasteiger partial charge on any atom is -0.462 e. The molecule has 0 N–H and O–H groups in total. The highest BCUT2D eigenvalue weighted by Crippen LogP contribution is 2.16. The van der Waals surface area contributed by atoms with Gasteiger partial charge in [-0.2, -0.15) is 0 Å². The van der Waals surface area contributed by atoms with Crippen molar-refractivity contribution in [2.45, 2.75) is 290 Å². The Morgan fingerprint density at radius 2 is 0.603 bits per heavy atom. The normalized spacial score (nSPS) is 12.0. The summed E-state index contributed by atoms with van der Waals surface area (Å²) in [5.74, 6) is -0.862. The molecule has 0 radical (unpaired) electrons. The van der Waals surface area contributed by atoms with Crippen molar-refractivity contribution in [2.75, 3.05) is 13.2 Å². The molecule has 0 heterocycles. The predicted molar refractivity (Wildman–Crippen MR) is 247 cm³/mol. The molecule has 0 amide bonds. The van der Waals surface area contributed by atoms with Crippen LogP contribution >= 0.6 is 0 Å². The van der Waals surface area contributed by atoms with E-state index in [-0.39, 0.29) is 31.1 Å². The largest absolute Gasteiger partial charge is 0.462 e. The summed E-state index contributed by atoms with van der Waals surface area (Å²) in [4.78, 5) is 37.9. The van der Waals surface area contributed by atoms with Gasteiger partial charge in [-0.05, 0) is 38.5 Å². The Morgan fingerprint density at radius 3 is 0.931 bits per heavy atom. The van der Waals surface area contributed by atoms with Gasteiger partial charge in [0.15, 0.2) is 6.10 Å². The maximum Gasteiger partial charge on any atom is 0.306 e. The van der Waals surface area contributed by atoms with Crippen molar-refractivity contribution < 1.29 is 28.6 Å². The van der Waals surface area contributed by atoms with Crippen molar-refractivity contribution in [3.8, 4) is 0 Å². The fraction of sp³-hybridized carbons (Fsp3) is 0.904. The summed E-state index contributed by atoms with van der Waals surface area (Å²) in [6.07, 6.45) is 51.9. The van der Waals surface area contributed by atoms with Gasteiger partial charge in [-0.3, -0.25) is 14.4 Å². The summed E-state index contributed by atoms with van der Waals surface area (Å²) in [7, 11) is 0. The van der Waals surface area contributed by atoms with E-state index in [9.17, 15) is 14.4 Å². The van der Waals surface area contributed by atoms with Crippen LogP contribution in [0.25, 0.3) is 0 Å². The molecule has 0 aromatic carbocycles. The van der Waals surface area contributed by atoms with Crippen molar-refractivity contribution in [3.05, 3.63) is 12.2 Å². The summed E-state index contributed by atoms with van der Waals surface area (Å²) < 4.78 is 16.8. The number of unbranched alkanes of at least 4 members (excludes halogenated alkanes) is 34. The minimum absolute atomic E-state index is 0.0673. The summed E-state index contributed by atoms with van der Waals surface area (Å²) in [6, 6.07) is 0. The molecule has 0 bridgehead atoms. The molecule has 0 saturated carbocycles. The zero-order valence-electron chi connectivity index (χ0n) is 39.1. The molecule has 0 fully saturated rings. The third-order valence-corrected chi connectivity index (χ3v) is 11.5. The van der Waals surface area contributed by atoms with Crippen LogP contribution in [0.1, 0.15) is 284 Å². The van der Waals surface area contributed by atoms with E-state index in [1.54, 1.807) is 0 Å². The second-order valence-corrected chi connectivity index (χ2v) is 17.4. The Hall–Kier alpha value is -1.85. The van der Waals surface area contributed by atoms with Crippen molar-refractivity contribution >= 4 is 17.9 Å². The van der Waals surface area contributed by atoms with E-state index in [0.717, 1.165) is 70.6 Å². The van der Waals surface area contributed by atoms with Gasteiger partial charge < -0.3 is 14.2 Å². The molecule has 6 nitrogen and oxygen atoms in total.